The Morgan fingerprint density at radius 1 is 1.23 bits per heavy atom. The van der Waals surface area contributed by atoms with Crippen LogP contribution in [-0.4, -0.2) is 10.8 Å². The van der Waals surface area contributed by atoms with Crippen molar-refractivity contribution in [3.05, 3.63) is 101 Å². The van der Waals surface area contributed by atoms with Crippen LogP contribution in [0.25, 0.3) is 0 Å². The number of nitrogens with zero attached hydrogens (tertiary/aromatic N) is 1. The molecule has 1 amide bonds. The highest BCUT2D eigenvalue weighted by molar-refractivity contribution is 7.99. The van der Waals surface area contributed by atoms with Gasteiger partial charge in [0, 0.05) is 22.2 Å². The van der Waals surface area contributed by atoms with Crippen molar-refractivity contribution in [3.8, 4) is 0 Å². The van der Waals surface area contributed by atoms with Gasteiger partial charge in [0.25, 0.3) is 11.6 Å². The van der Waals surface area contributed by atoms with Crippen molar-refractivity contribution in [3.63, 3.8) is 0 Å². The van der Waals surface area contributed by atoms with Crippen molar-refractivity contribution >= 4 is 23.4 Å². The highest BCUT2D eigenvalue weighted by atomic mass is 32.2. The minimum absolute atomic E-state index is 0.102. The minimum atomic E-state index is -0.476. The maximum absolute atomic E-state index is 12.4. The van der Waals surface area contributed by atoms with Gasteiger partial charge in [-0.1, -0.05) is 54.8 Å². The Hall–Kier alpha value is -3.12. The van der Waals surface area contributed by atoms with E-state index in [4.69, 9.17) is 0 Å². The van der Waals surface area contributed by atoms with Gasteiger partial charge >= 0.3 is 0 Å². The van der Waals surface area contributed by atoms with Gasteiger partial charge in [0.05, 0.1) is 9.82 Å². The van der Waals surface area contributed by atoms with Crippen molar-refractivity contribution in [1.29, 1.82) is 0 Å². The van der Waals surface area contributed by atoms with Crippen molar-refractivity contribution < 1.29 is 9.72 Å². The van der Waals surface area contributed by atoms with E-state index in [1.54, 1.807) is 43.4 Å². The number of hydrogen-bond acceptors (Lipinski definition) is 4. The molecule has 2 rings (SSSR count). The number of benzene rings is 2. The molecule has 0 fully saturated rings. The predicted molar refractivity (Wildman–Crippen MR) is 104 cm³/mol. The van der Waals surface area contributed by atoms with Crippen LogP contribution < -0.4 is 5.32 Å². The number of nitrogens with one attached hydrogen (secondary N) is 1. The summed E-state index contributed by atoms with van der Waals surface area (Å²) in [5.41, 5.74) is 0.705. The number of nitro groups is 1. The number of carbonyl (C=O) groups excluding carboxylic acids is 1. The van der Waals surface area contributed by atoms with Crippen LogP contribution >= 0.6 is 11.8 Å². The van der Waals surface area contributed by atoms with Crippen molar-refractivity contribution in [2.45, 2.75) is 16.7 Å². The van der Waals surface area contributed by atoms with Crippen LogP contribution in [0.4, 0.5) is 5.69 Å². The van der Waals surface area contributed by atoms with Gasteiger partial charge in [-0.25, -0.2) is 0 Å². The molecule has 0 radical (unpaired) electrons. The average molecular weight is 366 g/mol. The fraction of sp³-hybridized carbons (Fsp3) is 0.0500. The van der Waals surface area contributed by atoms with Crippen molar-refractivity contribution in [2.75, 3.05) is 0 Å². The summed E-state index contributed by atoms with van der Waals surface area (Å²) < 4.78 is 0. The summed E-state index contributed by atoms with van der Waals surface area (Å²) in [5, 5.41) is 14.1. The Kier molecular flexibility index (Phi) is 6.93. The van der Waals surface area contributed by atoms with Crippen LogP contribution in [-0.2, 0) is 0 Å². The molecule has 0 atom stereocenters. The first-order valence-electron chi connectivity index (χ1n) is 7.83. The number of hydrogen-bond donors (Lipinski definition) is 1. The molecule has 0 aliphatic heterocycles. The van der Waals surface area contributed by atoms with Crippen molar-refractivity contribution in [2.24, 2.45) is 0 Å². The Labute approximate surface area is 156 Å². The fourth-order valence-electron chi connectivity index (χ4n) is 2.09. The van der Waals surface area contributed by atoms with E-state index in [-0.39, 0.29) is 11.3 Å². The Morgan fingerprint density at radius 2 is 1.96 bits per heavy atom. The second kappa shape index (κ2) is 9.39. The van der Waals surface area contributed by atoms with E-state index in [9.17, 15) is 14.9 Å². The van der Waals surface area contributed by atoms with Gasteiger partial charge in [-0.2, -0.15) is 0 Å². The van der Waals surface area contributed by atoms with Crippen LogP contribution in [0.3, 0.4) is 0 Å². The smallest absolute Gasteiger partial charge is 0.284 e. The summed E-state index contributed by atoms with van der Waals surface area (Å²) in [6, 6.07) is 13.8. The Balaban J connectivity index is 2.27. The molecule has 0 saturated heterocycles. The molecule has 0 spiro atoms. The van der Waals surface area contributed by atoms with E-state index in [0.29, 0.717) is 10.6 Å². The molecule has 0 bridgehead atoms. The standard InChI is InChI=1S/C20H18N2O3S/c1-3-5-9-16(4-2)21-20(23)15-12-13-19(18(14-15)22(24)25)26-17-10-7-6-8-11-17/h3-14H,1H2,2H3,(H,21,23)/b9-5-,16-4+. The molecule has 0 saturated carbocycles. The first-order chi connectivity index (χ1) is 12.5. The molecule has 132 valence electrons. The Morgan fingerprint density at radius 3 is 2.58 bits per heavy atom. The summed E-state index contributed by atoms with van der Waals surface area (Å²) >= 11 is 1.29. The van der Waals surface area contributed by atoms with Crippen LogP contribution in [0, 0.1) is 10.1 Å². The molecule has 2 aromatic carbocycles. The van der Waals surface area contributed by atoms with E-state index in [1.807, 2.05) is 30.3 Å². The lowest BCUT2D eigenvalue weighted by Gasteiger charge is -2.08. The maximum Gasteiger partial charge on any atom is 0.284 e. The molecule has 0 heterocycles. The topological polar surface area (TPSA) is 72.2 Å². The first-order valence-corrected chi connectivity index (χ1v) is 8.65. The molecule has 1 N–H and O–H groups in total. The molecule has 0 unspecified atom stereocenters. The normalized spacial score (nSPS) is 11.3. The SMILES string of the molecule is C=C/C=C\C(=C/C)NC(=O)c1ccc(Sc2ccccc2)c([N+](=O)[O-])c1. The molecule has 26 heavy (non-hydrogen) atoms. The van der Waals surface area contributed by atoms with E-state index in [0.717, 1.165) is 4.90 Å². The van der Waals surface area contributed by atoms with E-state index < -0.39 is 10.8 Å². The van der Waals surface area contributed by atoms with Crippen molar-refractivity contribution in [1.82, 2.24) is 5.32 Å². The molecule has 6 heteroatoms. The number of rotatable bonds is 7. The summed E-state index contributed by atoms with van der Waals surface area (Å²) in [7, 11) is 0. The van der Waals surface area contributed by atoms with Crippen LogP contribution in [0.15, 0.2) is 94.9 Å². The minimum Gasteiger partial charge on any atom is -0.322 e. The highest BCUT2D eigenvalue weighted by Gasteiger charge is 2.18. The van der Waals surface area contributed by atoms with Crippen LogP contribution in [0.2, 0.25) is 0 Å². The van der Waals surface area contributed by atoms with Gasteiger partial charge in [-0.05, 0) is 37.3 Å². The maximum atomic E-state index is 12.4. The largest absolute Gasteiger partial charge is 0.322 e. The van der Waals surface area contributed by atoms with Gasteiger partial charge < -0.3 is 5.32 Å². The zero-order chi connectivity index (χ0) is 18.9. The lowest BCUT2D eigenvalue weighted by molar-refractivity contribution is -0.387. The molecular weight excluding hydrogens is 348 g/mol. The molecule has 2 aromatic rings. The molecule has 0 aliphatic carbocycles. The second-order valence-electron chi connectivity index (χ2n) is 5.15. The van der Waals surface area contributed by atoms with Crippen LogP contribution in [0.1, 0.15) is 17.3 Å². The predicted octanol–water partition coefficient (Wildman–Crippen LogP) is 5.12. The number of amides is 1. The zero-order valence-corrected chi connectivity index (χ0v) is 15.0. The lowest BCUT2D eigenvalue weighted by Crippen LogP contribution is -2.21. The highest BCUT2D eigenvalue weighted by Crippen LogP contribution is 2.35. The first kappa shape index (κ1) is 19.2. The number of allylic oxidation sites excluding steroid dienone is 4. The lowest BCUT2D eigenvalue weighted by atomic mass is 10.2. The average Bonchev–Trinajstić information content (AvgIpc) is 2.65. The fourth-order valence-corrected chi connectivity index (χ4v) is 3.01. The van der Waals surface area contributed by atoms with Gasteiger partial charge in [-0.15, -0.1) is 0 Å². The van der Waals surface area contributed by atoms with Crippen LogP contribution in [0.5, 0.6) is 0 Å². The zero-order valence-electron chi connectivity index (χ0n) is 14.2. The third-order valence-electron chi connectivity index (χ3n) is 3.37. The van der Waals surface area contributed by atoms with Gasteiger partial charge in [0.1, 0.15) is 0 Å². The van der Waals surface area contributed by atoms with E-state index in [2.05, 4.69) is 11.9 Å². The number of nitro benzene ring substituents is 1. The van der Waals surface area contributed by atoms with E-state index in [1.165, 1.54) is 17.8 Å². The molecular formula is C20H18N2O3S. The molecule has 5 nitrogen and oxygen atoms in total. The monoisotopic (exact) mass is 366 g/mol. The third-order valence-corrected chi connectivity index (χ3v) is 4.44. The quantitative estimate of drug-likeness (QED) is 0.419. The van der Waals surface area contributed by atoms with Gasteiger partial charge in [0.2, 0.25) is 0 Å². The summed E-state index contributed by atoms with van der Waals surface area (Å²) in [6.45, 7) is 5.36. The summed E-state index contributed by atoms with van der Waals surface area (Å²) in [5.74, 6) is -0.411. The second-order valence-corrected chi connectivity index (χ2v) is 6.26. The van der Waals surface area contributed by atoms with E-state index >= 15 is 0 Å². The Bertz CT molecular complexity index is 874. The molecule has 0 aromatic heterocycles. The van der Waals surface area contributed by atoms with Gasteiger partial charge in [-0.3, -0.25) is 14.9 Å². The summed E-state index contributed by atoms with van der Waals surface area (Å²) in [4.78, 5) is 24.7. The number of carbonyl (C=O) groups is 1. The molecule has 0 aliphatic rings. The van der Waals surface area contributed by atoms with Gasteiger partial charge in [0.15, 0.2) is 0 Å². The third kappa shape index (κ3) is 5.19. The summed E-state index contributed by atoms with van der Waals surface area (Å²) in [6.07, 6.45) is 6.71.